The summed E-state index contributed by atoms with van der Waals surface area (Å²) >= 11 is 12.2. The van der Waals surface area contributed by atoms with Crippen LogP contribution in [0.5, 0.6) is 0 Å². The second-order valence-corrected chi connectivity index (χ2v) is 5.56. The third-order valence-corrected chi connectivity index (χ3v) is 3.86. The van der Waals surface area contributed by atoms with Crippen LogP contribution in [0.4, 0.5) is 8.78 Å². The van der Waals surface area contributed by atoms with Gasteiger partial charge in [-0.3, -0.25) is 11.3 Å². The van der Waals surface area contributed by atoms with Crippen molar-refractivity contribution in [2.75, 3.05) is 0 Å². The molecule has 3 N–H and O–H groups in total. The van der Waals surface area contributed by atoms with Crippen LogP contribution in [0.25, 0.3) is 0 Å². The lowest BCUT2D eigenvalue weighted by Crippen LogP contribution is -2.38. The first-order chi connectivity index (χ1) is 9.99. The molecule has 0 heterocycles. The normalized spacial score (nSPS) is 12.4. The van der Waals surface area contributed by atoms with Crippen LogP contribution < -0.4 is 11.3 Å². The van der Waals surface area contributed by atoms with Crippen molar-refractivity contribution in [3.63, 3.8) is 0 Å². The highest BCUT2D eigenvalue weighted by Crippen LogP contribution is 2.26. The zero-order valence-electron chi connectivity index (χ0n) is 11.0. The van der Waals surface area contributed by atoms with Crippen molar-refractivity contribution < 1.29 is 8.78 Å². The fourth-order valence-corrected chi connectivity index (χ4v) is 2.73. The van der Waals surface area contributed by atoms with E-state index >= 15 is 0 Å². The molecule has 1 unspecified atom stereocenters. The molecular formula is C15H14Cl2F2N2. The van der Waals surface area contributed by atoms with Crippen molar-refractivity contribution in [3.8, 4) is 0 Å². The summed E-state index contributed by atoms with van der Waals surface area (Å²) < 4.78 is 26.4. The van der Waals surface area contributed by atoms with Gasteiger partial charge in [-0.25, -0.2) is 8.78 Å². The first-order valence-electron chi connectivity index (χ1n) is 6.33. The molecule has 2 aromatic carbocycles. The van der Waals surface area contributed by atoms with E-state index in [-0.39, 0.29) is 6.04 Å². The summed E-state index contributed by atoms with van der Waals surface area (Å²) in [6, 6.07) is 8.36. The van der Waals surface area contributed by atoms with Crippen molar-refractivity contribution in [1.29, 1.82) is 0 Å². The third kappa shape index (κ3) is 4.38. The standard InChI is InChI=1S/C15H14Cl2F2N2/c16-14-2-1-3-15(17)13(14)8-12(21-20)6-9-4-10(18)7-11(19)5-9/h1-5,7,12,21H,6,8,20H2. The smallest absolute Gasteiger partial charge is 0.126 e. The quantitative estimate of drug-likeness (QED) is 0.644. The van der Waals surface area contributed by atoms with Crippen LogP contribution in [0.15, 0.2) is 36.4 Å². The molecule has 0 aliphatic heterocycles. The minimum absolute atomic E-state index is 0.247. The lowest BCUT2D eigenvalue weighted by atomic mass is 9.99. The Morgan fingerprint density at radius 2 is 1.57 bits per heavy atom. The summed E-state index contributed by atoms with van der Waals surface area (Å²) in [6.45, 7) is 0. The molecule has 2 nitrogen and oxygen atoms in total. The Kier molecular flexibility index (Phi) is 5.53. The van der Waals surface area contributed by atoms with Gasteiger partial charge in [0.15, 0.2) is 0 Å². The van der Waals surface area contributed by atoms with Crippen LogP contribution >= 0.6 is 23.2 Å². The maximum Gasteiger partial charge on any atom is 0.126 e. The Labute approximate surface area is 131 Å². The number of benzene rings is 2. The first kappa shape index (κ1) is 16.2. The second-order valence-electron chi connectivity index (χ2n) is 4.75. The van der Waals surface area contributed by atoms with Gasteiger partial charge in [0.2, 0.25) is 0 Å². The molecule has 0 fully saturated rings. The fraction of sp³-hybridized carbons (Fsp3) is 0.200. The Hall–Kier alpha value is -1.20. The summed E-state index contributed by atoms with van der Waals surface area (Å²) in [5.41, 5.74) is 3.89. The van der Waals surface area contributed by atoms with Gasteiger partial charge in [0.05, 0.1) is 0 Å². The van der Waals surface area contributed by atoms with Gasteiger partial charge in [0, 0.05) is 22.2 Å². The van der Waals surface area contributed by atoms with Crippen LogP contribution in [0, 0.1) is 11.6 Å². The minimum atomic E-state index is -0.614. The van der Waals surface area contributed by atoms with Gasteiger partial charge in [0.1, 0.15) is 11.6 Å². The van der Waals surface area contributed by atoms with E-state index in [1.807, 2.05) is 0 Å². The van der Waals surface area contributed by atoms with Crippen LogP contribution in [0.2, 0.25) is 10.0 Å². The maximum atomic E-state index is 13.2. The summed E-state index contributed by atoms with van der Waals surface area (Å²) in [5.74, 6) is 4.29. The number of hydrazine groups is 1. The Morgan fingerprint density at radius 1 is 1.00 bits per heavy atom. The lowest BCUT2D eigenvalue weighted by molar-refractivity contribution is 0.516. The lowest BCUT2D eigenvalue weighted by Gasteiger charge is -2.18. The summed E-state index contributed by atoms with van der Waals surface area (Å²) in [5, 5.41) is 1.07. The molecule has 112 valence electrons. The van der Waals surface area contributed by atoms with Crippen molar-refractivity contribution in [2.45, 2.75) is 18.9 Å². The van der Waals surface area contributed by atoms with Crippen LogP contribution in [-0.2, 0) is 12.8 Å². The SMILES string of the molecule is NNC(Cc1cc(F)cc(F)c1)Cc1c(Cl)cccc1Cl. The Balaban J connectivity index is 2.17. The molecule has 0 bridgehead atoms. The van der Waals surface area contributed by atoms with E-state index in [4.69, 9.17) is 29.0 Å². The highest BCUT2D eigenvalue weighted by molar-refractivity contribution is 6.36. The zero-order chi connectivity index (χ0) is 15.4. The molecule has 21 heavy (non-hydrogen) atoms. The Morgan fingerprint density at radius 3 is 2.10 bits per heavy atom. The molecule has 0 saturated heterocycles. The molecule has 0 radical (unpaired) electrons. The minimum Gasteiger partial charge on any atom is -0.271 e. The topological polar surface area (TPSA) is 38.0 Å². The number of hydrogen-bond acceptors (Lipinski definition) is 2. The van der Waals surface area contributed by atoms with Gasteiger partial charge in [0.25, 0.3) is 0 Å². The fourth-order valence-electron chi connectivity index (χ4n) is 2.18. The molecule has 0 spiro atoms. The van der Waals surface area contributed by atoms with Crippen LogP contribution in [-0.4, -0.2) is 6.04 Å². The summed E-state index contributed by atoms with van der Waals surface area (Å²) in [4.78, 5) is 0. The van der Waals surface area contributed by atoms with Gasteiger partial charge in [-0.15, -0.1) is 0 Å². The van der Waals surface area contributed by atoms with Crippen molar-refractivity contribution in [3.05, 3.63) is 69.2 Å². The molecular weight excluding hydrogens is 317 g/mol. The molecule has 0 amide bonds. The van der Waals surface area contributed by atoms with E-state index in [9.17, 15) is 8.78 Å². The van der Waals surface area contributed by atoms with E-state index in [0.717, 1.165) is 11.6 Å². The highest BCUT2D eigenvalue weighted by Gasteiger charge is 2.14. The monoisotopic (exact) mass is 330 g/mol. The number of nitrogens with two attached hydrogens (primary N) is 1. The van der Waals surface area contributed by atoms with Crippen LogP contribution in [0.1, 0.15) is 11.1 Å². The third-order valence-electron chi connectivity index (χ3n) is 3.15. The highest BCUT2D eigenvalue weighted by atomic mass is 35.5. The van der Waals surface area contributed by atoms with Gasteiger partial charge in [-0.1, -0.05) is 29.3 Å². The molecule has 2 aromatic rings. The van der Waals surface area contributed by atoms with Crippen molar-refractivity contribution in [1.82, 2.24) is 5.43 Å². The zero-order valence-corrected chi connectivity index (χ0v) is 12.6. The predicted molar refractivity (Wildman–Crippen MR) is 81.3 cm³/mol. The van der Waals surface area contributed by atoms with E-state index < -0.39 is 11.6 Å². The summed E-state index contributed by atoms with van der Waals surface area (Å²) in [7, 11) is 0. The van der Waals surface area contributed by atoms with Gasteiger partial charge >= 0.3 is 0 Å². The average molecular weight is 331 g/mol. The molecule has 0 aliphatic carbocycles. The number of rotatable bonds is 5. The van der Waals surface area contributed by atoms with Crippen molar-refractivity contribution in [2.24, 2.45) is 5.84 Å². The molecule has 6 heteroatoms. The number of hydrogen-bond donors (Lipinski definition) is 2. The molecule has 2 rings (SSSR count). The predicted octanol–water partition coefficient (Wildman–Crippen LogP) is 3.89. The second kappa shape index (κ2) is 7.18. The van der Waals surface area contributed by atoms with E-state index in [1.165, 1.54) is 12.1 Å². The maximum absolute atomic E-state index is 13.2. The van der Waals surface area contributed by atoms with Gasteiger partial charge in [-0.05, 0) is 48.2 Å². The Bertz CT molecular complexity index is 595. The van der Waals surface area contributed by atoms with E-state index in [2.05, 4.69) is 5.43 Å². The largest absolute Gasteiger partial charge is 0.271 e. The number of halogens is 4. The first-order valence-corrected chi connectivity index (χ1v) is 7.09. The molecule has 0 saturated carbocycles. The van der Waals surface area contributed by atoms with Crippen molar-refractivity contribution >= 4 is 23.2 Å². The molecule has 1 atom stereocenters. The van der Waals surface area contributed by atoms with E-state index in [0.29, 0.717) is 28.5 Å². The average Bonchev–Trinajstić information content (AvgIpc) is 2.40. The van der Waals surface area contributed by atoms with E-state index in [1.54, 1.807) is 18.2 Å². The van der Waals surface area contributed by atoms with Gasteiger partial charge in [-0.2, -0.15) is 0 Å². The van der Waals surface area contributed by atoms with Crippen LogP contribution in [0.3, 0.4) is 0 Å². The molecule has 0 aliphatic rings. The molecule has 0 aromatic heterocycles. The number of nitrogens with one attached hydrogen (secondary N) is 1. The summed E-state index contributed by atoms with van der Waals surface area (Å²) in [6.07, 6.45) is 0.805. The van der Waals surface area contributed by atoms with Gasteiger partial charge < -0.3 is 0 Å².